The Bertz CT molecular complexity index is 1450. The van der Waals surface area contributed by atoms with Crippen molar-refractivity contribution in [1.29, 1.82) is 0 Å². The van der Waals surface area contributed by atoms with E-state index in [4.69, 9.17) is 5.73 Å². The van der Waals surface area contributed by atoms with Crippen molar-refractivity contribution in [3.63, 3.8) is 0 Å². The Morgan fingerprint density at radius 3 is 2.62 bits per heavy atom. The lowest BCUT2D eigenvalue weighted by Crippen LogP contribution is -2.53. The van der Waals surface area contributed by atoms with E-state index in [-0.39, 0.29) is 48.8 Å². The molecule has 3 heterocycles. The van der Waals surface area contributed by atoms with Crippen LogP contribution in [0.25, 0.3) is 0 Å². The number of hydrogen-bond acceptors (Lipinski definition) is 6. The maximum atomic E-state index is 15.0. The zero-order valence-electron chi connectivity index (χ0n) is 21.4. The summed E-state index contributed by atoms with van der Waals surface area (Å²) in [5, 5.41) is 2.96. The van der Waals surface area contributed by atoms with Crippen LogP contribution >= 0.6 is 0 Å². The number of nitrogens with zero attached hydrogens (tertiary/aromatic N) is 4. The number of rotatable bonds is 6. The quantitative estimate of drug-likeness (QED) is 0.324. The van der Waals surface area contributed by atoms with E-state index in [9.17, 15) is 31.1 Å². The molecule has 7 nitrogen and oxygen atoms in total. The molecule has 5 rings (SSSR count). The molecule has 40 heavy (non-hydrogen) atoms. The Hall–Kier alpha value is -3.87. The molecule has 1 unspecified atom stereocenters. The molecular formula is C27H26F6N6O. The molecule has 2 aliphatic rings. The van der Waals surface area contributed by atoms with Crippen molar-refractivity contribution in [2.45, 2.75) is 37.5 Å². The van der Waals surface area contributed by atoms with Crippen LogP contribution < -0.4 is 16.0 Å². The molecule has 0 aliphatic carbocycles. The normalized spacial score (nSPS) is 20.2. The maximum absolute atomic E-state index is 15.0. The summed E-state index contributed by atoms with van der Waals surface area (Å²) in [6.07, 6.45) is -3.46. The molecule has 1 fully saturated rings. The number of carbonyl (C=O) groups excluding carboxylic acids is 1. The van der Waals surface area contributed by atoms with Gasteiger partial charge in [-0.3, -0.25) is 9.69 Å². The minimum atomic E-state index is -4.96. The maximum Gasteiger partial charge on any atom is 0.419 e. The molecule has 0 bridgehead atoms. The van der Waals surface area contributed by atoms with Crippen LogP contribution in [-0.2, 0) is 22.9 Å². The largest absolute Gasteiger partial charge is 0.419 e. The third-order valence-corrected chi connectivity index (χ3v) is 7.51. The molecule has 0 radical (unpaired) electrons. The van der Waals surface area contributed by atoms with Gasteiger partial charge in [-0.05, 0) is 44.2 Å². The van der Waals surface area contributed by atoms with Crippen LogP contribution in [0.15, 0.2) is 42.7 Å². The van der Waals surface area contributed by atoms with E-state index in [0.29, 0.717) is 23.9 Å². The van der Waals surface area contributed by atoms with Gasteiger partial charge < -0.3 is 16.0 Å². The van der Waals surface area contributed by atoms with E-state index in [1.807, 2.05) is 0 Å². The number of nitrogens with two attached hydrogens (primary N) is 1. The van der Waals surface area contributed by atoms with Gasteiger partial charge in [0.1, 0.15) is 35.9 Å². The highest BCUT2D eigenvalue weighted by Crippen LogP contribution is 2.45. The van der Waals surface area contributed by atoms with Gasteiger partial charge in [0.2, 0.25) is 5.91 Å². The molecule has 1 amide bonds. The van der Waals surface area contributed by atoms with Gasteiger partial charge in [-0.1, -0.05) is 12.1 Å². The number of anilines is 3. The molecule has 3 aromatic rings. The number of fused-ring (bicyclic) bond motifs is 2. The number of amides is 1. The molecule has 13 heteroatoms. The summed E-state index contributed by atoms with van der Waals surface area (Å²) in [6, 6.07) is 6.36. The van der Waals surface area contributed by atoms with Crippen LogP contribution in [0.5, 0.6) is 0 Å². The van der Waals surface area contributed by atoms with Crippen LogP contribution in [-0.4, -0.2) is 47.1 Å². The van der Waals surface area contributed by atoms with Gasteiger partial charge >= 0.3 is 6.18 Å². The second kappa shape index (κ2) is 10.3. The molecule has 1 aromatic heterocycles. The summed E-state index contributed by atoms with van der Waals surface area (Å²) in [6.45, 7) is 1.32. The summed E-state index contributed by atoms with van der Waals surface area (Å²) in [5.74, 6) is -2.36. The molecule has 1 saturated heterocycles. The Kier molecular flexibility index (Phi) is 7.11. The van der Waals surface area contributed by atoms with Gasteiger partial charge in [0.25, 0.3) is 0 Å². The van der Waals surface area contributed by atoms with Gasteiger partial charge in [0.05, 0.1) is 29.5 Å². The van der Waals surface area contributed by atoms with Crippen molar-refractivity contribution in [3.05, 3.63) is 76.7 Å². The second-order valence-electron chi connectivity index (χ2n) is 10.0. The van der Waals surface area contributed by atoms with Crippen LogP contribution in [0, 0.1) is 11.6 Å². The number of para-hydroxylation sites is 1. The van der Waals surface area contributed by atoms with Crippen LogP contribution in [0.4, 0.5) is 43.5 Å². The third-order valence-electron chi connectivity index (χ3n) is 7.51. The van der Waals surface area contributed by atoms with E-state index in [2.05, 4.69) is 15.3 Å². The Labute approximate surface area is 226 Å². The minimum Gasteiger partial charge on any atom is -0.399 e. The lowest BCUT2D eigenvalue weighted by atomic mass is 9.76. The van der Waals surface area contributed by atoms with Crippen LogP contribution in [0.1, 0.15) is 41.8 Å². The van der Waals surface area contributed by atoms with Gasteiger partial charge in [0, 0.05) is 29.9 Å². The number of aromatic nitrogens is 2. The standard InChI is InChI=1S/C27H26F6N6O/c1-15(17-10-16(34)11-19(22(17)30)27(31,32)33)37-24-18-12-39(21-5-3-2-4-20(21)29)25(40)26(23(18)35-14-36-24)6-8-38(13-26)9-7-28/h2-5,10-11,14-15H,6-9,12-13,34H2,1H3,(H,35,36,37)/t15-,26?/m1/s1. The number of alkyl halides is 4. The summed E-state index contributed by atoms with van der Waals surface area (Å²) < 4.78 is 83.3. The first-order valence-electron chi connectivity index (χ1n) is 12.6. The van der Waals surface area contributed by atoms with Gasteiger partial charge in [-0.2, -0.15) is 13.2 Å². The van der Waals surface area contributed by atoms with Crippen molar-refractivity contribution in [3.8, 4) is 0 Å². The van der Waals surface area contributed by atoms with Crippen molar-refractivity contribution in [1.82, 2.24) is 14.9 Å². The molecule has 212 valence electrons. The van der Waals surface area contributed by atoms with Crippen LogP contribution in [0.3, 0.4) is 0 Å². The number of benzene rings is 2. The fourth-order valence-corrected chi connectivity index (χ4v) is 5.59. The first-order valence-corrected chi connectivity index (χ1v) is 12.6. The topological polar surface area (TPSA) is 87.4 Å². The fourth-order valence-electron chi connectivity index (χ4n) is 5.59. The Morgan fingerprint density at radius 2 is 1.93 bits per heavy atom. The molecule has 2 atom stereocenters. The lowest BCUT2D eigenvalue weighted by molar-refractivity contribution is -0.140. The highest BCUT2D eigenvalue weighted by molar-refractivity contribution is 6.03. The van der Waals surface area contributed by atoms with E-state index < -0.39 is 47.4 Å². The number of carbonyl (C=O) groups is 1. The Balaban J connectivity index is 1.59. The molecule has 2 aliphatic heterocycles. The predicted octanol–water partition coefficient (Wildman–Crippen LogP) is 4.99. The molecule has 1 spiro atoms. The summed E-state index contributed by atoms with van der Waals surface area (Å²) in [7, 11) is 0. The minimum absolute atomic E-state index is 0.0287. The van der Waals surface area contributed by atoms with Crippen molar-refractivity contribution < 1.29 is 31.1 Å². The highest BCUT2D eigenvalue weighted by atomic mass is 19.4. The average molecular weight is 565 g/mol. The zero-order valence-corrected chi connectivity index (χ0v) is 21.4. The van der Waals surface area contributed by atoms with Gasteiger partial charge in [-0.25, -0.2) is 23.1 Å². The lowest BCUT2D eigenvalue weighted by Gasteiger charge is -2.40. The van der Waals surface area contributed by atoms with E-state index in [0.717, 1.165) is 6.07 Å². The van der Waals surface area contributed by atoms with E-state index in [1.165, 1.54) is 36.4 Å². The fraction of sp³-hybridized carbons (Fsp3) is 0.370. The third kappa shape index (κ3) is 4.72. The second-order valence-corrected chi connectivity index (χ2v) is 10.0. The summed E-state index contributed by atoms with van der Waals surface area (Å²) in [4.78, 5) is 25.7. The van der Waals surface area contributed by atoms with Crippen molar-refractivity contribution >= 4 is 23.1 Å². The van der Waals surface area contributed by atoms with E-state index in [1.54, 1.807) is 11.0 Å². The van der Waals surface area contributed by atoms with Crippen LogP contribution in [0.2, 0.25) is 0 Å². The van der Waals surface area contributed by atoms with Gasteiger partial charge in [0.15, 0.2) is 0 Å². The first-order chi connectivity index (χ1) is 19.0. The monoisotopic (exact) mass is 564 g/mol. The summed E-state index contributed by atoms with van der Waals surface area (Å²) >= 11 is 0. The zero-order chi connectivity index (χ0) is 28.8. The molecular weight excluding hydrogens is 538 g/mol. The average Bonchev–Trinajstić information content (AvgIpc) is 3.32. The first kappa shape index (κ1) is 27.7. The molecule has 0 saturated carbocycles. The Morgan fingerprint density at radius 1 is 1.18 bits per heavy atom. The van der Waals surface area contributed by atoms with Crippen molar-refractivity contribution in [2.75, 3.05) is 42.3 Å². The SMILES string of the molecule is C[C@@H](Nc1ncnc2c1CN(c1ccccc1F)C(=O)C21CCN(CCF)C1)c1cc(N)cc(C(F)(F)F)c1F. The van der Waals surface area contributed by atoms with E-state index >= 15 is 0 Å². The highest BCUT2D eigenvalue weighted by Gasteiger charge is 2.54. The van der Waals surface area contributed by atoms with Crippen molar-refractivity contribution in [2.24, 2.45) is 0 Å². The number of halogens is 6. The number of nitrogens with one attached hydrogen (secondary N) is 1. The molecule has 3 N–H and O–H groups in total. The number of nitrogen functional groups attached to an aromatic ring is 1. The summed E-state index contributed by atoms with van der Waals surface area (Å²) in [5.41, 5.74) is 3.13. The predicted molar refractivity (Wildman–Crippen MR) is 136 cm³/mol. The molecule has 2 aromatic carbocycles. The van der Waals surface area contributed by atoms with Gasteiger partial charge in [-0.15, -0.1) is 0 Å². The number of hydrogen-bond donors (Lipinski definition) is 2. The number of likely N-dealkylation sites (tertiary alicyclic amines) is 1. The smallest absolute Gasteiger partial charge is 0.399 e.